The minimum absolute atomic E-state index is 0.386. The van der Waals surface area contributed by atoms with Crippen molar-refractivity contribution in [2.75, 3.05) is 20.6 Å². The second-order valence-electron chi connectivity index (χ2n) is 4.97. The highest BCUT2D eigenvalue weighted by molar-refractivity contribution is 9.10. The van der Waals surface area contributed by atoms with Gasteiger partial charge in [0.15, 0.2) is 0 Å². The average Bonchev–Trinajstić information content (AvgIpc) is 2.79. The van der Waals surface area contributed by atoms with Crippen LogP contribution in [0.5, 0.6) is 0 Å². The van der Waals surface area contributed by atoms with Gasteiger partial charge in [0.2, 0.25) is 0 Å². The molecule has 0 aliphatic heterocycles. The molecule has 1 unspecified atom stereocenters. The van der Waals surface area contributed by atoms with E-state index in [1.54, 1.807) is 16.9 Å². The quantitative estimate of drug-likeness (QED) is 0.807. The molecule has 0 bridgehead atoms. The molecule has 0 radical (unpaired) electrons. The molecule has 1 atom stereocenters. The Kier molecular flexibility index (Phi) is 5.54. The second kappa shape index (κ2) is 7.00. The first-order chi connectivity index (χ1) is 9.90. The first-order valence-electron chi connectivity index (χ1n) is 6.39. The third-order valence-corrected chi connectivity index (χ3v) is 4.44. The fraction of sp³-hybridized carbons (Fsp3) is 0.357. The SMILES string of the molecule is CN(C)CCn1ncc(Br)c1C(O)c1cc(F)ccc1Br. The first kappa shape index (κ1) is 16.6. The maximum atomic E-state index is 13.4. The monoisotopic (exact) mass is 419 g/mol. The summed E-state index contributed by atoms with van der Waals surface area (Å²) in [5.74, 6) is -0.386. The van der Waals surface area contributed by atoms with Gasteiger partial charge in [-0.1, -0.05) is 15.9 Å². The van der Waals surface area contributed by atoms with Crippen LogP contribution < -0.4 is 0 Å². The molecule has 1 N–H and O–H groups in total. The first-order valence-corrected chi connectivity index (χ1v) is 7.97. The van der Waals surface area contributed by atoms with E-state index >= 15 is 0 Å². The topological polar surface area (TPSA) is 41.3 Å². The predicted octanol–water partition coefficient (Wildman–Crippen LogP) is 3.19. The van der Waals surface area contributed by atoms with Gasteiger partial charge in [0.05, 0.1) is 22.9 Å². The van der Waals surface area contributed by atoms with Crippen molar-refractivity contribution in [2.45, 2.75) is 12.6 Å². The molecule has 7 heteroatoms. The molecule has 21 heavy (non-hydrogen) atoms. The van der Waals surface area contributed by atoms with Crippen LogP contribution in [0.4, 0.5) is 4.39 Å². The van der Waals surface area contributed by atoms with Gasteiger partial charge in [-0.15, -0.1) is 0 Å². The largest absolute Gasteiger partial charge is 0.382 e. The lowest BCUT2D eigenvalue weighted by molar-refractivity contribution is 0.203. The zero-order valence-electron chi connectivity index (χ0n) is 11.7. The van der Waals surface area contributed by atoms with Crippen molar-refractivity contribution in [3.05, 3.63) is 50.4 Å². The zero-order valence-corrected chi connectivity index (χ0v) is 14.9. The zero-order chi connectivity index (χ0) is 15.6. The number of hydrogen-bond donors (Lipinski definition) is 1. The maximum absolute atomic E-state index is 13.4. The summed E-state index contributed by atoms with van der Waals surface area (Å²) in [6.45, 7) is 1.43. The summed E-state index contributed by atoms with van der Waals surface area (Å²) >= 11 is 6.75. The van der Waals surface area contributed by atoms with E-state index in [9.17, 15) is 9.50 Å². The summed E-state index contributed by atoms with van der Waals surface area (Å²) in [5.41, 5.74) is 1.09. The number of benzene rings is 1. The average molecular weight is 421 g/mol. The second-order valence-corrected chi connectivity index (χ2v) is 6.68. The summed E-state index contributed by atoms with van der Waals surface area (Å²) < 4.78 is 16.5. The standard InChI is InChI=1S/C14H16Br2FN3O/c1-19(2)5-6-20-13(12(16)8-18-20)14(21)10-7-9(17)3-4-11(10)15/h3-4,7-8,14,21H,5-6H2,1-2H3. The van der Waals surface area contributed by atoms with Crippen LogP contribution in [-0.2, 0) is 6.54 Å². The van der Waals surface area contributed by atoms with Crippen LogP contribution >= 0.6 is 31.9 Å². The number of aliphatic hydroxyl groups excluding tert-OH is 1. The van der Waals surface area contributed by atoms with Crippen LogP contribution in [0.15, 0.2) is 33.3 Å². The molecule has 0 aliphatic carbocycles. The Morgan fingerprint density at radius 1 is 1.33 bits per heavy atom. The van der Waals surface area contributed by atoms with Crippen molar-refractivity contribution < 1.29 is 9.50 Å². The normalized spacial score (nSPS) is 12.9. The van der Waals surface area contributed by atoms with Crippen LogP contribution in [0.3, 0.4) is 0 Å². The highest BCUT2D eigenvalue weighted by Gasteiger charge is 2.22. The van der Waals surface area contributed by atoms with E-state index in [2.05, 4.69) is 37.0 Å². The molecule has 1 heterocycles. The van der Waals surface area contributed by atoms with Crippen molar-refractivity contribution in [1.29, 1.82) is 0 Å². The summed E-state index contributed by atoms with van der Waals surface area (Å²) in [5, 5.41) is 14.9. The molecule has 1 aromatic heterocycles. The van der Waals surface area contributed by atoms with Crippen molar-refractivity contribution >= 4 is 31.9 Å². The van der Waals surface area contributed by atoms with Gasteiger partial charge in [-0.05, 0) is 48.2 Å². The number of rotatable bonds is 5. The van der Waals surface area contributed by atoms with E-state index in [4.69, 9.17) is 0 Å². The molecular weight excluding hydrogens is 405 g/mol. The molecule has 2 rings (SSSR count). The Balaban J connectivity index is 2.36. The fourth-order valence-electron chi connectivity index (χ4n) is 1.99. The highest BCUT2D eigenvalue weighted by Crippen LogP contribution is 2.33. The van der Waals surface area contributed by atoms with Gasteiger partial charge in [-0.25, -0.2) is 4.39 Å². The van der Waals surface area contributed by atoms with Crippen LogP contribution in [0.25, 0.3) is 0 Å². The molecule has 0 saturated heterocycles. The summed E-state index contributed by atoms with van der Waals surface area (Å²) in [6.07, 6.45) is 0.677. The fourth-order valence-corrected chi connectivity index (χ4v) is 2.96. The summed E-state index contributed by atoms with van der Waals surface area (Å²) in [7, 11) is 3.94. The molecule has 2 aromatic rings. The van der Waals surface area contributed by atoms with E-state index in [0.717, 1.165) is 6.54 Å². The van der Waals surface area contributed by atoms with Crippen molar-refractivity contribution in [2.24, 2.45) is 0 Å². The molecule has 114 valence electrons. The summed E-state index contributed by atoms with van der Waals surface area (Å²) in [4.78, 5) is 2.03. The third-order valence-electron chi connectivity index (χ3n) is 3.10. The predicted molar refractivity (Wildman–Crippen MR) is 86.6 cm³/mol. The number of halogens is 3. The summed E-state index contributed by atoms with van der Waals surface area (Å²) in [6, 6.07) is 4.26. The van der Waals surface area contributed by atoms with E-state index in [-0.39, 0.29) is 5.82 Å². The Morgan fingerprint density at radius 3 is 2.71 bits per heavy atom. The van der Waals surface area contributed by atoms with Gasteiger partial charge in [-0.2, -0.15) is 5.10 Å². The molecule has 0 aliphatic rings. The Labute approximate surface area is 139 Å². The molecule has 4 nitrogen and oxygen atoms in total. The molecule has 0 amide bonds. The van der Waals surface area contributed by atoms with E-state index in [0.29, 0.717) is 26.7 Å². The van der Waals surface area contributed by atoms with Gasteiger partial charge in [-0.3, -0.25) is 4.68 Å². The molecule has 1 aromatic carbocycles. The lowest BCUT2D eigenvalue weighted by Crippen LogP contribution is -2.21. The van der Waals surface area contributed by atoms with E-state index < -0.39 is 6.10 Å². The lowest BCUT2D eigenvalue weighted by atomic mass is 10.1. The van der Waals surface area contributed by atoms with Crippen molar-refractivity contribution in [3.63, 3.8) is 0 Å². The number of likely N-dealkylation sites (N-methyl/N-ethyl adjacent to an activating group) is 1. The van der Waals surface area contributed by atoms with Gasteiger partial charge in [0.25, 0.3) is 0 Å². The molecule has 0 fully saturated rings. The Bertz CT molecular complexity index is 631. The molecule has 0 saturated carbocycles. The van der Waals surface area contributed by atoms with Crippen molar-refractivity contribution in [3.8, 4) is 0 Å². The van der Waals surface area contributed by atoms with Crippen LogP contribution in [-0.4, -0.2) is 40.4 Å². The minimum atomic E-state index is -0.964. The van der Waals surface area contributed by atoms with Gasteiger partial charge in [0.1, 0.15) is 11.9 Å². The Hall–Kier alpha value is -0.760. The van der Waals surface area contributed by atoms with Gasteiger partial charge >= 0.3 is 0 Å². The minimum Gasteiger partial charge on any atom is -0.382 e. The van der Waals surface area contributed by atoms with Gasteiger partial charge in [0, 0.05) is 16.6 Å². The van der Waals surface area contributed by atoms with Crippen molar-refractivity contribution in [1.82, 2.24) is 14.7 Å². The number of hydrogen-bond acceptors (Lipinski definition) is 3. The number of nitrogens with zero attached hydrogens (tertiary/aromatic N) is 3. The molecule has 0 spiro atoms. The highest BCUT2D eigenvalue weighted by atomic mass is 79.9. The van der Waals surface area contributed by atoms with Crippen LogP contribution in [0.2, 0.25) is 0 Å². The maximum Gasteiger partial charge on any atom is 0.123 e. The van der Waals surface area contributed by atoms with Gasteiger partial charge < -0.3 is 10.0 Å². The van der Waals surface area contributed by atoms with E-state index in [1.165, 1.54) is 12.1 Å². The van der Waals surface area contributed by atoms with E-state index in [1.807, 2.05) is 19.0 Å². The number of aliphatic hydroxyl groups is 1. The molecular formula is C14H16Br2FN3O. The van der Waals surface area contributed by atoms with Crippen LogP contribution in [0, 0.1) is 5.82 Å². The third kappa shape index (κ3) is 3.91. The Morgan fingerprint density at radius 2 is 2.05 bits per heavy atom. The number of aromatic nitrogens is 2. The van der Waals surface area contributed by atoms with Crippen LogP contribution in [0.1, 0.15) is 17.4 Å². The lowest BCUT2D eigenvalue weighted by Gasteiger charge is -2.17. The smallest absolute Gasteiger partial charge is 0.123 e.